The highest BCUT2D eigenvalue weighted by atomic mass is 19.1. The van der Waals surface area contributed by atoms with E-state index < -0.39 is 0 Å². The third kappa shape index (κ3) is 3.80. The quantitative estimate of drug-likeness (QED) is 0.551. The van der Waals surface area contributed by atoms with Crippen LogP contribution in [0.4, 0.5) is 8.78 Å². The van der Waals surface area contributed by atoms with E-state index in [-0.39, 0.29) is 11.6 Å². The normalized spacial score (nSPS) is 11.6. The largest absolute Gasteiger partial charge is 0.342 e. The molecule has 0 unspecified atom stereocenters. The number of nitrogens with zero attached hydrogens (tertiary/aromatic N) is 4. The second-order valence-electron chi connectivity index (χ2n) is 6.99. The Labute approximate surface area is 161 Å². The average molecular weight is 381 g/mol. The van der Waals surface area contributed by atoms with Gasteiger partial charge in [-0.3, -0.25) is 4.68 Å². The van der Waals surface area contributed by atoms with Gasteiger partial charge in [-0.15, -0.1) is 0 Å². The number of nitrogens with one attached hydrogen (secondary N) is 1. The van der Waals surface area contributed by atoms with E-state index >= 15 is 0 Å². The fraction of sp³-hybridized carbons (Fsp3) is 0.238. The molecule has 2 aromatic carbocycles. The van der Waals surface area contributed by atoms with E-state index in [0.29, 0.717) is 29.7 Å². The maximum Gasteiger partial charge on any atom is 0.132 e. The Bertz CT molecular complexity index is 1120. The van der Waals surface area contributed by atoms with E-state index in [1.807, 2.05) is 26.4 Å². The second kappa shape index (κ2) is 7.52. The number of benzene rings is 2. The molecule has 7 heteroatoms. The van der Waals surface area contributed by atoms with Crippen molar-refractivity contribution in [2.75, 3.05) is 13.6 Å². The highest BCUT2D eigenvalue weighted by molar-refractivity contribution is 5.74. The highest BCUT2D eigenvalue weighted by Gasteiger charge is 2.15. The molecule has 28 heavy (non-hydrogen) atoms. The zero-order valence-corrected chi connectivity index (χ0v) is 15.8. The topological polar surface area (TPSA) is 49.7 Å². The van der Waals surface area contributed by atoms with Crippen molar-refractivity contribution in [2.45, 2.75) is 13.0 Å². The minimum absolute atomic E-state index is 0.278. The van der Waals surface area contributed by atoms with Crippen LogP contribution in [0.1, 0.15) is 11.4 Å². The Balaban J connectivity index is 1.46. The molecule has 0 fully saturated rings. The van der Waals surface area contributed by atoms with Gasteiger partial charge in [0.1, 0.15) is 17.5 Å². The Morgan fingerprint density at radius 2 is 1.96 bits per heavy atom. The third-order valence-corrected chi connectivity index (χ3v) is 4.70. The van der Waals surface area contributed by atoms with E-state index in [4.69, 9.17) is 0 Å². The van der Waals surface area contributed by atoms with Crippen molar-refractivity contribution in [3.63, 3.8) is 0 Å². The van der Waals surface area contributed by atoms with Crippen LogP contribution in [0.3, 0.4) is 0 Å². The first-order valence-corrected chi connectivity index (χ1v) is 9.10. The lowest BCUT2D eigenvalue weighted by Gasteiger charge is -2.16. The molecule has 0 saturated carbocycles. The van der Waals surface area contributed by atoms with Crippen LogP contribution in [0, 0.1) is 11.6 Å². The average Bonchev–Trinajstić information content (AvgIpc) is 3.22. The van der Waals surface area contributed by atoms with Crippen LogP contribution < -0.4 is 0 Å². The fourth-order valence-electron chi connectivity index (χ4n) is 3.35. The van der Waals surface area contributed by atoms with Crippen LogP contribution in [0.25, 0.3) is 22.3 Å². The van der Waals surface area contributed by atoms with Gasteiger partial charge in [0.2, 0.25) is 0 Å². The number of fused-ring (bicyclic) bond motifs is 1. The van der Waals surface area contributed by atoms with Gasteiger partial charge in [-0.2, -0.15) is 5.10 Å². The number of aromatic nitrogens is 4. The molecule has 1 N–H and O–H groups in total. The van der Waals surface area contributed by atoms with Crippen molar-refractivity contribution in [1.82, 2.24) is 24.6 Å². The zero-order chi connectivity index (χ0) is 19.7. The molecule has 4 rings (SSSR count). The van der Waals surface area contributed by atoms with Crippen LogP contribution in [0.5, 0.6) is 0 Å². The number of H-pyrrole nitrogens is 1. The summed E-state index contributed by atoms with van der Waals surface area (Å²) >= 11 is 0. The Morgan fingerprint density at radius 3 is 2.79 bits per heavy atom. The molecular formula is C21H21F2N5. The number of hydrogen-bond acceptors (Lipinski definition) is 3. The van der Waals surface area contributed by atoms with E-state index in [1.54, 1.807) is 22.9 Å². The van der Waals surface area contributed by atoms with E-state index in [0.717, 1.165) is 23.4 Å². The summed E-state index contributed by atoms with van der Waals surface area (Å²) in [6.45, 7) is 1.38. The first-order valence-electron chi connectivity index (χ1n) is 9.10. The summed E-state index contributed by atoms with van der Waals surface area (Å²) in [5, 5.41) is 4.45. The van der Waals surface area contributed by atoms with Gasteiger partial charge in [-0.25, -0.2) is 13.8 Å². The molecule has 0 aliphatic rings. The molecule has 0 radical (unpaired) electrons. The molecule has 5 nitrogen and oxygen atoms in total. The lowest BCUT2D eigenvalue weighted by Crippen LogP contribution is -2.21. The number of aryl methyl sites for hydroxylation is 1. The van der Waals surface area contributed by atoms with Crippen LogP contribution >= 0.6 is 0 Å². The van der Waals surface area contributed by atoms with Gasteiger partial charge in [0.25, 0.3) is 0 Å². The predicted octanol–water partition coefficient (Wildman–Crippen LogP) is 3.92. The number of likely N-dealkylation sites (N-methyl/N-ethyl adjacent to an activating group) is 1. The highest BCUT2D eigenvalue weighted by Crippen LogP contribution is 2.25. The number of imidazole rings is 1. The zero-order valence-electron chi connectivity index (χ0n) is 15.8. The fourth-order valence-corrected chi connectivity index (χ4v) is 3.35. The molecule has 4 aromatic rings. The van der Waals surface area contributed by atoms with Gasteiger partial charge < -0.3 is 9.88 Å². The van der Waals surface area contributed by atoms with Gasteiger partial charge in [0, 0.05) is 43.9 Å². The molecule has 144 valence electrons. The van der Waals surface area contributed by atoms with Gasteiger partial charge in [0.15, 0.2) is 0 Å². The van der Waals surface area contributed by atoms with E-state index in [1.165, 1.54) is 18.2 Å². The Hall–Kier alpha value is -3.06. The predicted molar refractivity (Wildman–Crippen MR) is 105 cm³/mol. The number of rotatable bonds is 6. The van der Waals surface area contributed by atoms with Crippen molar-refractivity contribution in [3.05, 3.63) is 71.7 Å². The maximum atomic E-state index is 14.2. The van der Waals surface area contributed by atoms with Crippen LogP contribution in [0.2, 0.25) is 0 Å². The maximum absolute atomic E-state index is 14.2. The second-order valence-corrected chi connectivity index (χ2v) is 6.99. The lowest BCUT2D eigenvalue weighted by molar-refractivity contribution is 0.329. The van der Waals surface area contributed by atoms with Crippen molar-refractivity contribution < 1.29 is 8.78 Å². The molecule has 0 bridgehead atoms. The van der Waals surface area contributed by atoms with Crippen LogP contribution in [0.15, 0.2) is 48.7 Å². The number of hydrogen-bond donors (Lipinski definition) is 1. The third-order valence-electron chi connectivity index (χ3n) is 4.70. The minimum atomic E-state index is -0.280. The van der Waals surface area contributed by atoms with Gasteiger partial charge in [-0.05, 0) is 37.4 Å². The summed E-state index contributed by atoms with van der Waals surface area (Å²) in [6.07, 6.45) is 2.62. The first kappa shape index (κ1) is 18.3. The molecule has 0 aliphatic carbocycles. The van der Waals surface area contributed by atoms with Crippen molar-refractivity contribution in [3.8, 4) is 11.3 Å². The van der Waals surface area contributed by atoms with E-state index in [2.05, 4.69) is 20.0 Å². The lowest BCUT2D eigenvalue weighted by atomic mass is 10.1. The molecule has 2 aromatic heterocycles. The summed E-state index contributed by atoms with van der Waals surface area (Å²) in [5.41, 5.74) is 3.58. The molecule has 0 atom stereocenters. The summed E-state index contributed by atoms with van der Waals surface area (Å²) in [6, 6.07) is 11.2. The molecule has 2 heterocycles. The van der Waals surface area contributed by atoms with Crippen molar-refractivity contribution in [1.29, 1.82) is 0 Å². The molecular weight excluding hydrogens is 360 g/mol. The smallest absolute Gasteiger partial charge is 0.132 e. The van der Waals surface area contributed by atoms with Gasteiger partial charge >= 0.3 is 0 Å². The summed E-state index contributed by atoms with van der Waals surface area (Å²) in [5.74, 6) is 0.254. The number of halogens is 2. The molecule has 0 spiro atoms. The Kier molecular flexibility index (Phi) is 4.92. The first-order chi connectivity index (χ1) is 13.5. The SMILES string of the molecule is CN(CCc1nc2ccc(F)cc2[nH]1)Cc1cn(C)nc1-c1ccccc1F. The summed E-state index contributed by atoms with van der Waals surface area (Å²) in [7, 11) is 3.84. The minimum Gasteiger partial charge on any atom is -0.342 e. The summed E-state index contributed by atoms with van der Waals surface area (Å²) < 4.78 is 29.2. The standard InChI is InChI=1S/C21H21F2N5/c1-27(10-9-20-24-18-8-7-15(22)11-19(18)25-20)12-14-13-28(2)26-21(14)16-5-3-4-6-17(16)23/h3-8,11,13H,9-10,12H2,1-2H3,(H,24,25). The number of aromatic amines is 1. The van der Waals surface area contributed by atoms with Crippen molar-refractivity contribution >= 4 is 11.0 Å². The van der Waals surface area contributed by atoms with Gasteiger partial charge in [-0.1, -0.05) is 12.1 Å². The Morgan fingerprint density at radius 1 is 1.14 bits per heavy atom. The van der Waals surface area contributed by atoms with E-state index in [9.17, 15) is 8.78 Å². The van der Waals surface area contributed by atoms with Gasteiger partial charge in [0.05, 0.1) is 16.7 Å². The van der Waals surface area contributed by atoms with Crippen molar-refractivity contribution in [2.24, 2.45) is 7.05 Å². The van der Waals surface area contributed by atoms with Crippen LogP contribution in [-0.4, -0.2) is 38.2 Å². The van der Waals surface area contributed by atoms with Crippen LogP contribution in [-0.2, 0) is 20.0 Å². The summed E-state index contributed by atoms with van der Waals surface area (Å²) in [4.78, 5) is 9.79. The monoisotopic (exact) mass is 381 g/mol. The molecule has 0 saturated heterocycles. The molecule has 0 amide bonds. The molecule has 0 aliphatic heterocycles.